The number of sulfonamides is 1. The summed E-state index contributed by atoms with van der Waals surface area (Å²) in [4.78, 5) is 15.3. The van der Waals surface area contributed by atoms with Crippen LogP contribution in [0.4, 0.5) is 13.2 Å². The molecule has 2 aromatic heterocycles. The Labute approximate surface area is 199 Å². The number of pyridine rings is 1. The highest BCUT2D eigenvalue weighted by Gasteiger charge is 2.40. The average molecular weight is 513 g/mol. The molecule has 0 radical (unpaired) electrons. The van der Waals surface area contributed by atoms with E-state index in [9.17, 15) is 31.5 Å². The Kier molecular flexibility index (Phi) is 6.49. The second-order valence-electron chi connectivity index (χ2n) is 8.32. The van der Waals surface area contributed by atoms with Gasteiger partial charge in [-0.15, -0.1) is 0 Å². The van der Waals surface area contributed by atoms with Crippen LogP contribution < -0.4 is 4.74 Å². The fraction of sp³-hybridized carbons (Fsp3) is 0.409. The lowest BCUT2D eigenvalue weighted by atomic mass is 10.1. The molecule has 1 fully saturated rings. The van der Waals surface area contributed by atoms with Crippen molar-refractivity contribution in [1.82, 2.24) is 19.1 Å². The molecule has 3 aromatic rings. The molecule has 9 nitrogen and oxygen atoms in total. The maximum Gasteiger partial charge on any atom is 0.416 e. The molecule has 1 aliphatic heterocycles. The fourth-order valence-electron chi connectivity index (χ4n) is 4.23. The number of nitrogens with zero attached hydrogens (tertiary/aromatic N) is 4. The molecule has 1 aliphatic rings. The molecule has 1 saturated heterocycles. The van der Waals surface area contributed by atoms with Crippen LogP contribution in [-0.2, 0) is 27.4 Å². The number of carbonyl (C=O) groups is 1. The smallest absolute Gasteiger partial charge is 0.416 e. The summed E-state index contributed by atoms with van der Waals surface area (Å²) in [5, 5.41) is 13.7. The summed E-state index contributed by atoms with van der Waals surface area (Å²) in [7, 11) is -3.99. The van der Waals surface area contributed by atoms with Crippen molar-refractivity contribution in [1.29, 1.82) is 0 Å². The topological polar surface area (TPSA) is 115 Å². The zero-order valence-corrected chi connectivity index (χ0v) is 19.7. The first-order valence-corrected chi connectivity index (χ1v) is 12.2. The van der Waals surface area contributed by atoms with Crippen molar-refractivity contribution in [3.05, 3.63) is 47.8 Å². The van der Waals surface area contributed by atoms with E-state index in [2.05, 4.69) is 10.1 Å². The van der Waals surface area contributed by atoms with Crippen LogP contribution >= 0.6 is 0 Å². The molecule has 1 aromatic carbocycles. The van der Waals surface area contributed by atoms with Gasteiger partial charge in [-0.3, -0.25) is 9.48 Å². The molecule has 0 saturated carbocycles. The van der Waals surface area contributed by atoms with Gasteiger partial charge in [-0.25, -0.2) is 13.4 Å². The summed E-state index contributed by atoms with van der Waals surface area (Å²) >= 11 is 0. The monoisotopic (exact) mass is 512 g/mol. The second kappa shape index (κ2) is 9.11. The summed E-state index contributed by atoms with van der Waals surface area (Å²) in [6.45, 7) is 3.99. The quantitative estimate of drug-likeness (QED) is 0.516. The van der Waals surface area contributed by atoms with E-state index in [-0.39, 0.29) is 40.6 Å². The minimum absolute atomic E-state index is 0.0576. The minimum Gasteiger partial charge on any atom is -0.492 e. The molecular formula is C22H23F3N4O5S. The Balaban J connectivity index is 1.71. The number of alkyl halides is 3. The van der Waals surface area contributed by atoms with Gasteiger partial charge in [0.25, 0.3) is 10.0 Å². The Bertz CT molecular complexity index is 1360. The molecule has 0 spiro atoms. The lowest BCUT2D eigenvalue weighted by Crippen LogP contribution is -2.30. The number of carboxylic acids is 1. The van der Waals surface area contributed by atoms with E-state index in [0.29, 0.717) is 12.4 Å². The number of halogens is 3. The highest BCUT2D eigenvalue weighted by Crippen LogP contribution is 2.37. The number of fused-ring (bicyclic) bond motifs is 1. The number of carboxylic acid groups (broad SMARTS) is 1. The van der Waals surface area contributed by atoms with Gasteiger partial charge in [-0.1, -0.05) is 13.0 Å². The van der Waals surface area contributed by atoms with Gasteiger partial charge in [-0.05, 0) is 37.1 Å². The Morgan fingerprint density at radius 1 is 1.23 bits per heavy atom. The maximum absolute atomic E-state index is 13.4. The summed E-state index contributed by atoms with van der Waals surface area (Å²) in [5.41, 5.74) is -0.684. The fourth-order valence-corrected chi connectivity index (χ4v) is 5.70. The lowest BCUT2D eigenvalue weighted by Gasteiger charge is -2.18. The van der Waals surface area contributed by atoms with E-state index in [1.54, 1.807) is 13.8 Å². The van der Waals surface area contributed by atoms with Gasteiger partial charge in [0.05, 0.1) is 42.0 Å². The molecule has 2 atom stereocenters. The van der Waals surface area contributed by atoms with Crippen LogP contribution in [0, 0.1) is 5.92 Å². The Morgan fingerprint density at radius 3 is 2.57 bits per heavy atom. The maximum atomic E-state index is 13.4. The van der Waals surface area contributed by atoms with E-state index in [1.807, 2.05) is 0 Å². The summed E-state index contributed by atoms with van der Waals surface area (Å²) in [5.74, 6) is -1.07. The van der Waals surface area contributed by atoms with Gasteiger partial charge in [-0.2, -0.15) is 22.6 Å². The predicted molar refractivity (Wildman–Crippen MR) is 118 cm³/mol. The molecule has 0 aliphatic carbocycles. The van der Waals surface area contributed by atoms with E-state index < -0.39 is 40.2 Å². The van der Waals surface area contributed by atoms with Crippen LogP contribution in [0.1, 0.15) is 31.1 Å². The van der Waals surface area contributed by atoms with Crippen molar-refractivity contribution in [2.24, 2.45) is 5.92 Å². The number of aromatic nitrogens is 3. The molecular weight excluding hydrogens is 489 g/mol. The number of hydrogen-bond donors (Lipinski definition) is 1. The second-order valence-corrected chi connectivity index (χ2v) is 10.2. The van der Waals surface area contributed by atoms with E-state index in [4.69, 9.17) is 4.74 Å². The normalized spacial score (nSPS) is 19.3. The highest BCUT2D eigenvalue weighted by molar-refractivity contribution is 7.89. The van der Waals surface area contributed by atoms with Crippen LogP contribution in [0.3, 0.4) is 0 Å². The van der Waals surface area contributed by atoms with Crippen molar-refractivity contribution in [2.45, 2.75) is 37.5 Å². The molecule has 1 N–H and O–H groups in total. The number of aliphatic carboxylic acids is 1. The zero-order chi connectivity index (χ0) is 25.5. The average Bonchev–Trinajstić information content (AvgIpc) is 3.34. The first-order valence-electron chi connectivity index (χ1n) is 10.8. The third kappa shape index (κ3) is 4.82. The van der Waals surface area contributed by atoms with Crippen LogP contribution in [-0.4, -0.2) is 58.3 Å². The van der Waals surface area contributed by atoms with Gasteiger partial charge >= 0.3 is 12.1 Å². The highest BCUT2D eigenvalue weighted by atomic mass is 32.2. The van der Waals surface area contributed by atoms with Gasteiger partial charge in [0, 0.05) is 18.5 Å². The number of ether oxygens (including phenoxy) is 1. The first kappa shape index (κ1) is 24.9. The standard InChI is InChI=1S/C22H23F3N4O5S/c1-3-34-15-5-7-20(26-10-15)35(32,33)28-11-13(2)19(12-28)29-18-8-14(22(23,24)25)4-6-16(18)17(27-29)9-21(30)31/h4-8,10,13,19H,3,9,11-12H2,1-2H3,(H,30,31)/t13-,19+/m1/s1. The summed E-state index contributed by atoms with van der Waals surface area (Å²) in [6.07, 6.45) is -3.77. The number of hydrogen-bond acceptors (Lipinski definition) is 6. The van der Waals surface area contributed by atoms with Crippen LogP contribution in [0.5, 0.6) is 5.75 Å². The van der Waals surface area contributed by atoms with Crippen LogP contribution in [0.25, 0.3) is 10.9 Å². The van der Waals surface area contributed by atoms with Crippen LogP contribution in [0.15, 0.2) is 41.6 Å². The SMILES string of the molecule is CCOc1ccc(S(=O)(=O)N2C[C@@H](C)[C@@H](n3nc(CC(=O)O)c4ccc(C(F)(F)F)cc43)C2)nc1. The van der Waals surface area contributed by atoms with Crippen LogP contribution in [0.2, 0.25) is 0 Å². The van der Waals surface area contributed by atoms with Crippen molar-refractivity contribution < 1.29 is 36.2 Å². The third-order valence-corrected chi connectivity index (χ3v) is 7.66. The van der Waals surface area contributed by atoms with E-state index in [0.717, 1.165) is 12.1 Å². The molecule has 0 amide bonds. The minimum atomic E-state index is -4.60. The van der Waals surface area contributed by atoms with E-state index >= 15 is 0 Å². The molecule has 13 heteroatoms. The summed E-state index contributed by atoms with van der Waals surface area (Å²) < 4.78 is 74.3. The molecule has 0 unspecified atom stereocenters. The van der Waals surface area contributed by atoms with Gasteiger partial charge in [0.2, 0.25) is 0 Å². The molecule has 4 rings (SSSR count). The van der Waals surface area contributed by atoms with Crippen molar-refractivity contribution in [3.8, 4) is 5.75 Å². The lowest BCUT2D eigenvalue weighted by molar-refractivity contribution is -0.138. The Morgan fingerprint density at radius 2 is 1.97 bits per heavy atom. The summed E-state index contributed by atoms with van der Waals surface area (Å²) in [6, 6.07) is 5.23. The number of benzene rings is 1. The number of rotatable bonds is 7. The zero-order valence-electron chi connectivity index (χ0n) is 18.9. The molecule has 35 heavy (non-hydrogen) atoms. The molecule has 3 heterocycles. The predicted octanol–water partition coefficient (Wildman–Crippen LogP) is 3.36. The van der Waals surface area contributed by atoms with Gasteiger partial charge < -0.3 is 9.84 Å². The van der Waals surface area contributed by atoms with Gasteiger partial charge in [0.1, 0.15) is 5.75 Å². The third-order valence-electron chi connectivity index (χ3n) is 5.91. The molecule has 0 bridgehead atoms. The van der Waals surface area contributed by atoms with E-state index in [1.165, 1.54) is 33.4 Å². The van der Waals surface area contributed by atoms with Crippen molar-refractivity contribution in [2.75, 3.05) is 19.7 Å². The van der Waals surface area contributed by atoms with Gasteiger partial charge in [0.15, 0.2) is 5.03 Å². The molecule has 188 valence electrons. The van der Waals surface area contributed by atoms with Crippen molar-refractivity contribution >= 4 is 26.9 Å². The van der Waals surface area contributed by atoms with Crippen molar-refractivity contribution in [3.63, 3.8) is 0 Å². The Hall–Kier alpha value is -3.19. The first-order chi connectivity index (χ1) is 16.4. The largest absolute Gasteiger partial charge is 0.492 e.